The average Bonchev–Trinajstić information content (AvgIpc) is 2.25. The average molecular weight is 270 g/mol. The Bertz CT molecular complexity index is 373. The van der Waals surface area contributed by atoms with Crippen LogP contribution in [0.3, 0.4) is 0 Å². The van der Waals surface area contributed by atoms with E-state index in [1.54, 1.807) is 20.8 Å². The van der Waals surface area contributed by atoms with Crippen molar-refractivity contribution >= 4 is 17.8 Å². The Hall–Kier alpha value is -1.85. The third kappa shape index (κ3) is 7.96. The molecule has 19 heavy (non-hydrogen) atoms. The van der Waals surface area contributed by atoms with Crippen LogP contribution in [0.25, 0.3) is 0 Å². The molecule has 0 aromatic heterocycles. The van der Waals surface area contributed by atoms with Gasteiger partial charge < -0.3 is 15.3 Å². The maximum atomic E-state index is 11.9. The van der Waals surface area contributed by atoms with E-state index in [-0.39, 0.29) is 18.4 Å². The molecule has 0 heterocycles. The Kier molecular flexibility index (Phi) is 7.48. The second-order valence-corrected chi connectivity index (χ2v) is 4.73. The van der Waals surface area contributed by atoms with E-state index < -0.39 is 11.9 Å². The molecule has 0 aromatic rings. The second kappa shape index (κ2) is 8.29. The van der Waals surface area contributed by atoms with Crippen LogP contribution in [0.5, 0.6) is 0 Å². The molecule has 2 N–H and O–H groups in total. The molecule has 6 nitrogen and oxygen atoms in total. The molecule has 0 saturated carbocycles. The molecular weight excluding hydrogens is 248 g/mol. The molecule has 0 saturated heterocycles. The van der Waals surface area contributed by atoms with Crippen molar-refractivity contribution in [1.82, 2.24) is 10.2 Å². The van der Waals surface area contributed by atoms with Gasteiger partial charge in [0.15, 0.2) is 0 Å². The first-order valence-electron chi connectivity index (χ1n) is 6.15. The zero-order chi connectivity index (χ0) is 15.0. The van der Waals surface area contributed by atoms with Crippen molar-refractivity contribution in [1.29, 1.82) is 0 Å². The van der Waals surface area contributed by atoms with Gasteiger partial charge in [0.1, 0.15) is 0 Å². The summed E-state index contributed by atoms with van der Waals surface area (Å²) in [5.41, 5.74) is 0.845. The fourth-order valence-corrected chi connectivity index (χ4v) is 1.41. The summed E-state index contributed by atoms with van der Waals surface area (Å²) in [6.45, 7) is 7.25. The summed E-state index contributed by atoms with van der Waals surface area (Å²) in [4.78, 5) is 35.0. The van der Waals surface area contributed by atoms with Gasteiger partial charge in [-0.1, -0.05) is 12.5 Å². The topological polar surface area (TPSA) is 86.7 Å². The van der Waals surface area contributed by atoms with Crippen LogP contribution in [-0.2, 0) is 14.4 Å². The van der Waals surface area contributed by atoms with Gasteiger partial charge >= 0.3 is 5.97 Å². The molecule has 0 fully saturated rings. The third-order valence-electron chi connectivity index (χ3n) is 2.40. The summed E-state index contributed by atoms with van der Waals surface area (Å²) in [6, 6.07) is 0. The molecular formula is C13H22N2O4. The molecule has 1 atom stereocenters. The lowest BCUT2D eigenvalue weighted by Gasteiger charge is -2.23. The van der Waals surface area contributed by atoms with Gasteiger partial charge in [-0.25, -0.2) is 0 Å². The van der Waals surface area contributed by atoms with Crippen molar-refractivity contribution in [2.24, 2.45) is 5.92 Å². The molecule has 0 aliphatic heterocycles. The molecule has 2 amide bonds. The van der Waals surface area contributed by atoms with E-state index in [2.05, 4.69) is 5.32 Å². The third-order valence-corrected chi connectivity index (χ3v) is 2.40. The summed E-state index contributed by atoms with van der Waals surface area (Å²) < 4.78 is 0. The summed E-state index contributed by atoms with van der Waals surface area (Å²) in [7, 11) is 0. The van der Waals surface area contributed by atoms with Gasteiger partial charge in [-0.05, 0) is 13.8 Å². The van der Waals surface area contributed by atoms with Crippen molar-refractivity contribution < 1.29 is 19.5 Å². The number of aliphatic carboxylic acids is 1. The summed E-state index contributed by atoms with van der Waals surface area (Å²) in [5.74, 6) is -2.01. The number of hydrogen-bond donors (Lipinski definition) is 2. The van der Waals surface area contributed by atoms with Crippen molar-refractivity contribution in [3.8, 4) is 0 Å². The number of hydrogen-bond acceptors (Lipinski definition) is 3. The molecule has 0 aliphatic carbocycles. The lowest BCUT2D eigenvalue weighted by Crippen LogP contribution is -2.41. The highest BCUT2D eigenvalue weighted by Gasteiger charge is 2.19. The number of nitrogens with zero attached hydrogens (tertiary/aromatic N) is 1. The summed E-state index contributed by atoms with van der Waals surface area (Å²) >= 11 is 0. The van der Waals surface area contributed by atoms with Crippen LogP contribution in [0.1, 0.15) is 27.7 Å². The van der Waals surface area contributed by atoms with Crippen molar-refractivity contribution in [3.63, 3.8) is 0 Å². The standard InChI is InChI=1S/C13H22N2O4/c1-9(2)7-12(17)15(6-5-14-11(4)16)8-10(3)13(18)19/h7,10H,5-6,8H2,1-4H3,(H,14,16)(H,18,19). The van der Waals surface area contributed by atoms with E-state index in [4.69, 9.17) is 5.11 Å². The zero-order valence-corrected chi connectivity index (χ0v) is 11.9. The Balaban J connectivity index is 4.63. The predicted molar refractivity (Wildman–Crippen MR) is 71.5 cm³/mol. The Morgan fingerprint density at radius 1 is 1.26 bits per heavy atom. The minimum Gasteiger partial charge on any atom is -0.481 e. The maximum Gasteiger partial charge on any atom is 0.308 e. The normalized spacial score (nSPS) is 11.4. The molecule has 0 spiro atoms. The van der Waals surface area contributed by atoms with Gasteiger partial charge in [0.05, 0.1) is 5.92 Å². The van der Waals surface area contributed by atoms with Gasteiger partial charge in [0, 0.05) is 32.6 Å². The lowest BCUT2D eigenvalue weighted by atomic mass is 10.1. The number of nitrogens with one attached hydrogen (secondary N) is 1. The number of carboxylic acid groups (broad SMARTS) is 1. The van der Waals surface area contributed by atoms with Crippen molar-refractivity contribution in [2.45, 2.75) is 27.7 Å². The second-order valence-electron chi connectivity index (χ2n) is 4.73. The molecule has 0 aliphatic rings. The van der Waals surface area contributed by atoms with Crippen LogP contribution in [-0.4, -0.2) is 47.4 Å². The van der Waals surface area contributed by atoms with E-state index in [0.717, 1.165) is 5.57 Å². The fourth-order valence-electron chi connectivity index (χ4n) is 1.41. The summed E-state index contributed by atoms with van der Waals surface area (Å²) in [5, 5.41) is 11.5. The van der Waals surface area contributed by atoms with Crippen LogP contribution in [0.2, 0.25) is 0 Å². The molecule has 6 heteroatoms. The first kappa shape index (κ1) is 17.2. The molecule has 108 valence electrons. The van der Waals surface area contributed by atoms with Gasteiger partial charge in [0.25, 0.3) is 0 Å². The number of amides is 2. The van der Waals surface area contributed by atoms with E-state index in [0.29, 0.717) is 13.1 Å². The van der Waals surface area contributed by atoms with Crippen molar-refractivity contribution in [2.75, 3.05) is 19.6 Å². The quantitative estimate of drug-likeness (QED) is 0.665. The molecule has 0 radical (unpaired) electrons. The van der Waals surface area contributed by atoms with E-state index in [1.807, 2.05) is 0 Å². The van der Waals surface area contributed by atoms with Crippen LogP contribution >= 0.6 is 0 Å². The van der Waals surface area contributed by atoms with Gasteiger partial charge in [-0.3, -0.25) is 14.4 Å². The largest absolute Gasteiger partial charge is 0.481 e. The molecule has 0 bridgehead atoms. The Labute approximate surface area is 113 Å². The zero-order valence-electron chi connectivity index (χ0n) is 11.9. The first-order valence-corrected chi connectivity index (χ1v) is 6.15. The van der Waals surface area contributed by atoms with Gasteiger partial charge in [0.2, 0.25) is 11.8 Å². The van der Waals surface area contributed by atoms with E-state index >= 15 is 0 Å². The number of allylic oxidation sites excluding steroid dienone is 1. The minimum absolute atomic E-state index is 0.123. The fraction of sp³-hybridized carbons (Fsp3) is 0.615. The lowest BCUT2D eigenvalue weighted by molar-refractivity contribution is -0.142. The Morgan fingerprint density at radius 2 is 1.84 bits per heavy atom. The molecule has 1 unspecified atom stereocenters. The van der Waals surface area contributed by atoms with E-state index in [1.165, 1.54) is 17.9 Å². The van der Waals surface area contributed by atoms with Crippen molar-refractivity contribution in [3.05, 3.63) is 11.6 Å². The highest BCUT2D eigenvalue weighted by Crippen LogP contribution is 2.03. The van der Waals surface area contributed by atoms with Crippen LogP contribution in [0.15, 0.2) is 11.6 Å². The van der Waals surface area contributed by atoms with Gasteiger partial charge in [-0.15, -0.1) is 0 Å². The predicted octanol–water partition coefficient (Wildman–Crippen LogP) is 0.638. The van der Waals surface area contributed by atoms with Crippen LogP contribution in [0.4, 0.5) is 0 Å². The van der Waals surface area contributed by atoms with Crippen LogP contribution < -0.4 is 5.32 Å². The number of carbonyl (C=O) groups excluding carboxylic acids is 2. The maximum absolute atomic E-state index is 11.9. The summed E-state index contributed by atoms with van der Waals surface area (Å²) in [6.07, 6.45) is 1.46. The first-order chi connectivity index (χ1) is 8.73. The number of carboxylic acids is 1. The highest BCUT2D eigenvalue weighted by atomic mass is 16.4. The highest BCUT2D eigenvalue weighted by molar-refractivity contribution is 5.88. The monoisotopic (exact) mass is 270 g/mol. The van der Waals surface area contributed by atoms with Crippen LogP contribution in [0, 0.1) is 5.92 Å². The number of rotatable bonds is 7. The number of carbonyl (C=O) groups is 3. The smallest absolute Gasteiger partial charge is 0.308 e. The molecule has 0 rings (SSSR count). The van der Waals surface area contributed by atoms with E-state index in [9.17, 15) is 14.4 Å². The Morgan fingerprint density at radius 3 is 2.26 bits per heavy atom. The minimum atomic E-state index is -0.950. The SMILES string of the molecule is CC(=O)NCCN(CC(C)C(=O)O)C(=O)C=C(C)C. The van der Waals surface area contributed by atoms with Gasteiger partial charge in [-0.2, -0.15) is 0 Å². The molecule has 0 aromatic carbocycles.